The molecule has 1 aromatic heterocycles. The number of hydrogen-bond donors (Lipinski definition) is 0. The Balaban J connectivity index is 3.44. The van der Waals surface area contributed by atoms with Crippen molar-refractivity contribution in [2.75, 3.05) is 0 Å². The second kappa shape index (κ2) is 3.23. The van der Waals surface area contributed by atoms with E-state index in [2.05, 4.69) is 0 Å². The predicted molar refractivity (Wildman–Crippen MR) is 44.9 cm³/mol. The smallest absolute Gasteiger partial charge is 0.200 e. The zero-order valence-electron chi connectivity index (χ0n) is 7.37. The monoisotopic (exact) mass is 176 g/mol. The number of rotatable bonds is 1. The summed E-state index contributed by atoms with van der Waals surface area (Å²) in [7, 11) is 0. The van der Waals surface area contributed by atoms with Crippen LogP contribution in [-0.2, 0) is 0 Å². The molecule has 0 N–H and O–H groups in total. The van der Waals surface area contributed by atoms with Gasteiger partial charge in [0, 0.05) is 6.92 Å². The molecule has 0 saturated carbocycles. The Morgan fingerprint density at radius 3 is 2.77 bits per heavy atom. The van der Waals surface area contributed by atoms with E-state index in [4.69, 9.17) is 5.26 Å². The second-order valence-corrected chi connectivity index (χ2v) is 2.72. The number of nitriles is 1. The molecular weight excluding hydrogens is 168 g/mol. The van der Waals surface area contributed by atoms with Gasteiger partial charge < -0.3 is 5.21 Å². The number of hydrogen-bond acceptors (Lipinski definition) is 3. The molecule has 0 amide bonds. The molecule has 0 fully saturated rings. The molecule has 0 aliphatic carbocycles. The van der Waals surface area contributed by atoms with E-state index in [0.29, 0.717) is 16.0 Å². The van der Waals surface area contributed by atoms with Crippen LogP contribution in [0.15, 0.2) is 12.3 Å². The van der Waals surface area contributed by atoms with Crippen LogP contribution in [0.5, 0.6) is 0 Å². The molecule has 0 spiro atoms. The summed E-state index contributed by atoms with van der Waals surface area (Å²) in [5.41, 5.74) is 0.825. The summed E-state index contributed by atoms with van der Waals surface area (Å²) >= 11 is 0. The van der Waals surface area contributed by atoms with Crippen molar-refractivity contribution < 1.29 is 9.52 Å². The van der Waals surface area contributed by atoms with E-state index in [0.717, 1.165) is 6.20 Å². The van der Waals surface area contributed by atoms with E-state index in [-0.39, 0.29) is 11.3 Å². The molecule has 1 rings (SSSR count). The molecule has 1 aromatic rings. The Morgan fingerprint density at radius 2 is 2.31 bits per heavy atom. The summed E-state index contributed by atoms with van der Waals surface area (Å²) in [6, 6.07) is 3.24. The highest BCUT2D eigenvalue weighted by Gasteiger charge is 2.13. The van der Waals surface area contributed by atoms with Crippen molar-refractivity contribution in [3.8, 4) is 6.07 Å². The number of aromatic nitrogens is 1. The highest BCUT2D eigenvalue weighted by atomic mass is 16.5. The highest BCUT2D eigenvalue weighted by molar-refractivity contribution is 5.95. The molecule has 1 heterocycles. The Kier molecular flexibility index (Phi) is 2.29. The molecule has 0 radical (unpaired) electrons. The van der Waals surface area contributed by atoms with Crippen LogP contribution in [0.25, 0.3) is 0 Å². The van der Waals surface area contributed by atoms with E-state index in [1.807, 2.05) is 6.07 Å². The average molecular weight is 176 g/mol. The van der Waals surface area contributed by atoms with Crippen LogP contribution < -0.4 is 4.73 Å². The fourth-order valence-corrected chi connectivity index (χ4v) is 1.06. The van der Waals surface area contributed by atoms with Gasteiger partial charge in [-0.25, -0.2) is 0 Å². The van der Waals surface area contributed by atoms with Gasteiger partial charge in [0.05, 0.1) is 5.56 Å². The lowest BCUT2D eigenvalue weighted by Crippen LogP contribution is -2.32. The van der Waals surface area contributed by atoms with Crippen molar-refractivity contribution in [2.24, 2.45) is 0 Å². The van der Waals surface area contributed by atoms with Crippen molar-refractivity contribution in [3.63, 3.8) is 0 Å². The molecule has 0 aliphatic rings. The van der Waals surface area contributed by atoms with Crippen LogP contribution in [0.4, 0.5) is 0 Å². The molecule has 0 aromatic carbocycles. The van der Waals surface area contributed by atoms with Crippen molar-refractivity contribution >= 4 is 5.78 Å². The van der Waals surface area contributed by atoms with Gasteiger partial charge in [-0.05, 0) is 13.0 Å². The minimum absolute atomic E-state index is 0.200. The largest absolute Gasteiger partial charge is 0.618 e. The lowest BCUT2D eigenvalue weighted by molar-refractivity contribution is -0.612. The van der Waals surface area contributed by atoms with E-state index < -0.39 is 0 Å². The maximum atomic E-state index is 11.1. The summed E-state index contributed by atoms with van der Waals surface area (Å²) in [6.45, 7) is 2.91. The van der Waals surface area contributed by atoms with Crippen molar-refractivity contribution in [3.05, 3.63) is 34.3 Å². The van der Waals surface area contributed by atoms with Gasteiger partial charge in [0.1, 0.15) is 11.6 Å². The standard InChI is InChI=1S/C9H8N2O2/c1-6-9(7(2)12)3-8(4-10)5-11(6)13/h3,5H,1-2H3. The lowest BCUT2D eigenvalue weighted by Gasteiger charge is -2.03. The molecular formula is C9H8N2O2. The quantitative estimate of drug-likeness (QED) is 0.359. The Bertz CT molecular complexity index is 405. The van der Waals surface area contributed by atoms with Crippen LogP contribution in [-0.4, -0.2) is 5.78 Å². The number of carbonyl (C=O) groups is 1. The van der Waals surface area contributed by atoms with Gasteiger partial charge in [-0.2, -0.15) is 9.99 Å². The number of nitrogens with zero attached hydrogens (tertiary/aromatic N) is 2. The van der Waals surface area contributed by atoms with Crippen LogP contribution in [0.2, 0.25) is 0 Å². The Labute approximate surface area is 75.6 Å². The van der Waals surface area contributed by atoms with E-state index in [1.54, 1.807) is 6.92 Å². The molecule has 4 nitrogen and oxygen atoms in total. The number of carbonyl (C=O) groups excluding carboxylic acids is 1. The topological polar surface area (TPSA) is 67.8 Å². The van der Waals surface area contributed by atoms with Crippen LogP contribution >= 0.6 is 0 Å². The maximum Gasteiger partial charge on any atom is 0.200 e. The number of pyridine rings is 1. The first-order valence-corrected chi connectivity index (χ1v) is 3.71. The van der Waals surface area contributed by atoms with Crippen molar-refractivity contribution in [1.29, 1.82) is 5.26 Å². The minimum atomic E-state index is -0.209. The van der Waals surface area contributed by atoms with Crippen molar-refractivity contribution in [1.82, 2.24) is 0 Å². The molecule has 0 bridgehead atoms. The van der Waals surface area contributed by atoms with Gasteiger partial charge in [0.15, 0.2) is 12.0 Å². The van der Waals surface area contributed by atoms with E-state index in [1.165, 1.54) is 13.0 Å². The summed E-state index contributed by atoms with van der Waals surface area (Å²) in [5.74, 6) is -0.209. The number of ketones is 1. The maximum absolute atomic E-state index is 11.1. The third-order valence-electron chi connectivity index (χ3n) is 1.78. The van der Waals surface area contributed by atoms with Gasteiger partial charge in [-0.3, -0.25) is 4.79 Å². The third-order valence-corrected chi connectivity index (χ3v) is 1.78. The summed E-state index contributed by atoms with van der Waals surface area (Å²) in [4.78, 5) is 11.0. The summed E-state index contributed by atoms with van der Waals surface area (Å²) in [6.07, 6.45) is 1.15. The molecule has 0 saturated heterocycles. The minimum Gasteiger partial charge on any atom is -0.618 e. The molecule has 66 valence electrons. The van der Waals surface area contributed by atoms with Gasteiger partial charge in [-0.1, -0.05) is 0 Å². The van der Waals surface area contributed by atoms with E-state index >= 15 is 0 Å². The number of Topliss-reactive ketones (excluding diaryl/α,β-unsaturated/α-hetero) is 1. The Morgan fingerprint density at radius 1 is 1.69 bits per heavy atom. The Hall–Kier alpha value is -1.89. The SMILES string of the molecule is CC(=O)c1cc(C#N)c[n+]([O-])c1C. The van der Waals surface area contributed by atoms with Gasteiger partial charge in [0.25, 0.3) is 0 Å². The molecule has 0 aliphatic heterocycles. The second-order valence-electron chi connectivity index (χ2n) is 2.72. The zero-order chi connectivity index (χ0) is 10.0. The van der Waals surface area contributed by atoms with Crippen LogP contribution in [0.1, 0.15) is 28.5 Å². The van der Waals surface area contributed by atoms with Gasteiger partial charge >= 0.3 is 0 Å². The first-order chi connectivity index (χ1) is 6.06. The first-order valence-electron chi connectivity index (χ1n) is 3.71. The van der Waals surface area contributed by atoms with Crippen LogP contribution in [0, 0.1) is 23.5 Å². The lowest BCUT2D eigenvalue weighted by atomic mass is 10.1. The van der Waals surface area contributed by atoms with Crippen molar-refractivity contribution in [2.45, 2.75) is 13.8 Å². The zero-order valence-corrected chi connectivity index (χ0v) is 7.37. The van der Waals surface area contributed by atoms with Gasteiger partial charge in [-0.15, -0.1) is 0 Å². The molecule has 4 heteroatoms. The van der Waals surface area contributed by atoms with Gasteiger partial charge in [0.2, 0.25) is 5.69 Å². The summed E-state index contributed by atoms with van der Waals surface area (Å²) in [5, 5.41) is 19.7. The molecule has 0 unspecified atom stereocenters. The molecule has 13 heavy (non-hydrogen) atoms. The third kappa shape index (κ3) is 1.64. The fourth-order valence-electron chi connectivity index (χ4n) is 1.06. The molecule has 0 atom stereocenters. The first kappa shape index (κ1) is 9.20. The summed E-state index contributed by atoms with van der Waals surface area (Å²) < 4.78 is 0.537. The predicted octanol–water partition coefficient (Wildman–Crippen LogP) is 0.703. The fraction of sp³-hybridized carbons (Fsp3) is 0.222. The van der Waals surface area contributed by atoms with Crippen LogP contribution in [0.3, 0.4) is 0 Å². The normalized spacial score (nSPS) is 9.31. The van der Waals surface area contributed by atoms with E-state index in [9.17, 15) is 10.0 Å². The highest BCUT2D eigenvalue weighted by Crippen LogP contribution is 2.06. The average Bonchev–Trinajstić information content (AvgIpc) is 2.09.